The lowest BCUT2D eigenvalue weighted by Gasteiger charge is -1.96. The van der Waals surface area contributed by atoms with Gasteiger partial charge in [0.15, 0.2) is 0 Å². The first-order valence-corrected chi connectivity index (χ1v) is 5.21. The van der Waals surface area contributed by atoms with E-state index in [1.807, 2.05) is 38.2 Å². The van der Waals surface area contributed by atoms with Crippen LogP contribution in [0, 0.1) is 0 Å². The van der Waals surface area contributed by atoms with Crippen molar-refractivity contribution < 1.29 is 4.42 Å². The van der Waals surface area contributed by atoms with Gasteiger partial charge in [-0.15, -0.1) is 0 Å². The summed E-state index contributed by atoms with van der Waals surface area (Å²) in [5.41, 5.74) is 2.81. The third kappa shape index (κ3) is 1.18. The van der Waals surface area contributed by atoms with Gasteiger partial charge in [0.1, 0.15) is 19.0 Å². The molecule has 0 spiro atoms. The van der Waals surface area contributed by atoms with E-state index >= 15 is 0 Å². The number of para-hydroxylation sites is 1. The van der Waals surface area contributed by atoms with Crippen LogP contribution in [0.15, 0.2) is 40.8 Å². The second kappa shape index (κ2) is 3.04. The molecule has 0 unspecified atom stereocenters. The first-order chi connectivity index (χ1) is 7.27. The van der Waals surface area contributed by atoms with Gasteiger partial charge in [0, 0.05) is 15.8 Å². The maximum absolute atomic E-state index is 6.06. The average molecular weight is 214 g/mol. The third-order valence-electron chi connectivity index (χ3n) is 2.73. The lowest BCUT2D eigenvalue weighted by Crippen LogP contribution is -2.03. The van der Waals surface area contributed by atoms with Gasteiger partial charge in [-0.2, -0.15) is 0 Å². The number of rotatable bonds is 0. The summed E-state index contributed by atoms with van der Waals surface area (Å²) < 4.78 is 5.78. The van der Waals surface area contributed by atoms with Gasteiger partial charge in [-0.1, -0.05) is 29.8 Å². The van der Waals surface area contributed by atoms with Crippen molar-refractivity contribution in [1.29, 1.82) is 0 Å². The summed E-state index contributed by atoms with van der Waals surface area (Å²) >= 11 is 6.06. The zero-order valence-corrected chi connectivity index (χ0v) is 9.01. The summed E-state index contributed by atoms with van der Waals surface area (Å²) in [6, 6.07) is 12.0. The van der Waals surface area contributed by atoms with Crippen molar-refractivity contribution in [3.8, 4) is 0 Å². The Hall–Kier alpha value is -1.41. The van der Waals surface area contributed by atoms with Crippen molar-refractivity contribution in [3.63, 3.8) is 0 Å². The van der Waals surface area contributed by atoms with Gasteiger partial charge >= 0.3 is 0 Å². The summed E-state index contributed by atoms with van der Waals surface area (Å²) in [4.78, 5) is 0. The second-order valence-electron chi connectivity index (χ2n) is 3.65. The summed E-state index contributed by atoms with van der Waals surface area (Å²) in [5, 5.41) is 3.03. The minimum atomic E-state index is 0.751. The van der Waals surface area contributed by atoms with Crippen LogP contribution in [0.3, 0.4) is 0 Å². The fraction of sp³-hybridized carbons (Fsp3) is 0. The topological polar surface area (TPSA) is 13.1 Å². The lowest BCUT2D eigenvalue weighted by atomic mass is 9.94. The highest BCUT2D eigenvalue weighted by atomic mass is 35.5. The maximum atomic E-state index is 6.06. The first-order valence-electron chi connectivity index (χ1n) is 4.84. The van der Waals surface area contributed by atoms with E-state index in [4.69, 9.17) is 16.0 Å². The molecule has 0 aliphatic rings. The molecule has 3 aromatic rings. The number of benzene rings is 2. The lowest BCUT2D eigenvalue weighted by molar-refractivity contribution is 0.671. The van der Waals surface area contributed by atoms with Gasteiger partial charge in [0.2, 0.25) is 0 Å². The van der Waals surface area contributed by atoms with Gasteiger partial charge in [-0.25, -0.2) is 0 Å². The predicted molar refractivity (Wildman–Crippen MR) is 66.9 cm³/mol. The Morgan fingerprint density at radius 3 is 2.67 bits per heavy atom. The quantitative estimate of drug-likeness (QED) is 0.524. The predicted octanol–water partition coefficient (Wildman–Crippen LogP) is 2.50. The molecule has 3 rings (SSSR count). The van der Waals surface area contributed by atoms with Crippen LogP contribution in [-0.2, 0) is 0 Å². The van der Waals surface area contributed by atoms with Gasteiger partial charge in [-0.3, -0.25) is 0 Å². The van der Waals surface area contributed by atoms with E-state index in [0.29, 0.717) is 0 Å². The van der Waals surface area contributed by atoms with E-state index in [2.05, 4.69) is 6.07 Å². The highest BCUT2D eigenvalue weighted by Gasteiger charge is 2.09. The molecule has 0 fully saturated rings. The molecule has 1 heterocycles. The van der Waals surface area contributed by atoms with E-state index in [1.54, 1.807) is 0 Å². The fourth-order valence-corrected chi connectivity index (χ4v) is 2.05. The van der Waals surface area contributed by atoms with E-state index in [1.165, 1.54) is 0 Å². The highest BCUT2D eigenvalue weighted by Crippen LogP contribution is 2.28. The average Bonchev–Trinajstić information content (AvgIpc) is 2.63. The largest absolute Gasteiger partial charge is 0.457 e. The maximum Gasteiger partial charge on any atom is 0.146 e. The number of furan rings is 1. The van der Waals surface area contributed by atoms with Gasteiger partial charge in [-0.05, 0) is 23.7 Å². The Kier molecular flexibility index (Phi) is 1.80. The van der Waals surface area contributed by atoms with E-state index in [-0.39, 0.29) is 0 Å². The first kappa shape index (κ1) is 8.87. The molecule has 15 heavy (non-hydrogen) atoms. The molecule has 1 aromatic heterocycles. The molecule has 72 valence electrons. The Balaban J connectivity index is 2.60. The molecule has 0 radical (unpaired) electrons. The molecule has 0 aliphatic carbocycles. The van der Waals surface area contributed by atoms with E-state index in [0.717, 1.165) is 32.4 Å². The standard InChI is InChI=1S/C12H8BClO/c13-11-9(14)6-5-8-7-3-1-2-4-10(7)15-12(8)11/h1-6H,13H2. The van der Waals surface area contributed by atoms with Gasteiger partial charge < -0.3 is 4.42 Å². The monoisotopic (exact) mass is 214 g/mol. The molecule has 0 bridgehead atoms. The van der Waals surface area contributed by atoms with Crippen LogP contribution in [0.4, 0.5) is 0 Å². The van der Waals surface area contributed by atoms with Crippen molar-refractivity contribution in [1.82, 2.24) is 0 Å². The van der Waals surface area contributed by atoms with Crippen LogP contribution in [0.1, 0.15) is 0 Å². The molecule has 3 heteroatoms. The van der Waals surface area contributed by atoms with Gasteiger partial charge in [0.05, 0.1) is 0 Å². The van der Waals surface area contributed by atoms with Crippen molar-refractivity contribution >= 4 is 46.8 Å². The van der Waals surface area contributed by atoms with E-state index < -0.39 is 0 Å². The molecule has 0 saturated heterocycles. The molecule has 0 atom stereocenters. The van der Waals surface area contributed by atoms with E-state index in [9.17, 15) is 0 Å². The zero-order chi connectivity index (χ0) is 10.4. The Labute approximate surface area is 93.0 Å². The molecule has 0 aliphatic heterocycles. The van der Waals surface area contributed by atoms with Crippen LogP contribution in [-0.4, -0.2) is 7.85 Å². The minimum Gasteiger partial charge on any atom is -0.457 e. The van der Waals surface area contributed by atoms with Crippen LogP contribution in [0.2, 0.25) is 5.02 Å². The highest BCUT2D eigenvalue weighted by molar-refractivity contribution is 6.49. The van der Waals surface area contributed by atoms with Crippen LogP contribution in [0.25, 0.3) is 21.9 Å². The van der Waals surface area contributed by atoms with Crippen molar-refractivity contribution in [2.75, 3.05) is 0 Å². The number of hydrogen-bond acceptors (Lipinski definition) is 1. The normalized spacial score (nSPS) is 11.3. The van der Waals surface area contributed by atoms with Crippen LogP contribution >= 0.6 is 11.6 Å². The summed E-state index contributed by atoms with van der Waals surface area (Å²) in [5.74, 6) is 0. The molecule has 1 nitrogen and oxygen atoms in total. The van der Waals surface area contributed by atoms with Crippen molar-refractivity contribution in [2.45, 2.75) is 0 Å². The fourth-order valence-electron chi connectivity index (χ4n) is 1.90. The molecular formula is C12H8BClO. The van der Waals surface area contributed by atoms with Crippen molar-refractivity contribution in [3.05, 3.63) is 41.4 Å². The summed E-state index contributed by atoms with van der Waals surface area (Å²) in [6.07, 6.45) is 0. The number of hydrogen-bond donors (Lipinski definition) is 0. The van der Waals surface area contributed by atoms with Crippen molar-refractivity contribution in [2.24, 2.45) is 0 Å². The summed E-state index contributed by atoms with van der Waals surface area (Å²) in [7, 11) is 1.98. The molecule has 2 aromatic carbocycles. The second-order valence-corrected chi connectivity index (χ2v) is 4.05. The zero-order valence-electron chi connectivity index (χ0n) is 8.25. The third-order valence-corrected chi connectivity index (χ3v) is 3.14. The Morgan fingerprint density at radius 1 is 1.00 bits per heavy atom. The molecule has 0 amide bonds. The van der Waals surface area contributed by atoms with Crippen LogP contribution < -0.4 is 5.46 Å². The Morgan fingerprint density at radius 2 is 1.80 bits per heavy atom. The Bertz CT molecular complexity index is 657. The SMILES string of the molecule is Bc1c(Cl)ccc2c1oc1ccccc12. The minimum absolute atomic E-state index is 0.751. The summed E-state index contributed by atoms with van der Waals surface area (Å²) in [6.45, 7) is 0. The number of fused-ring (bicyclic) bond motifs is 3. The molecule has 0 N–H and O–H groups in total. The molecule has 0 saturated carbocycles. The molecular weight excluding hydrogens is 206 g/mol. The number of halogens is 1. The smallest absolute Gasteiger partial charge is 0.146 e. The van der Waals surface area contributed by atoms with Gasteiger partial charge in [0.25, 0.3) is 0 Å². The van der Waals surface area contributed by atoms with Crippen LogP contribution in [0.5, 0.6) is 0 Å².